The maximum atomic E-state index is 13.1. The van der Waals surface area contributed by atoms with Gasteiger partial charge >= 0.3 is 0 Å². The quantitative estimate of drug-likeness (QED) is 0.731. The van der Waals surface area contributed by atoms with E-state index in [2.05, 4.69) is 5.32 Å². The number of halogens is 4. The number of fused-ring (bicyclic) bond motifs is 1. The number of carbonyl (C=O) groups excluding carboxylic acids is 2. The Morgan fingerprint density at radius 2 is 1.89 bits per heavy atom. The molecule has 1 aliphatic heterocycles. The van der Waals surface area contributed by atoms with Crippen LogP contribution in [0.25, 0.3) is 0 Å². The van der Waals surface area contributed by atoms with Crippen molar-refractivity contribution < 1.29 is 18.7 Å². The molecule has 5 nitrogen and oxygen atoms in total. The number of ether oxygens (including phenoxy) is 1. The van der Waals surface area contributed by atoms with Crippen LogP contribution in [0.5, 0.6) is 5.75 Å². The van der Waals surface area contributed by atoms with Crippen LogP contribution in [0.2, 0.25) is 0 Å². The molecule has 1 atom stereocenters. The first-order valence-electron chi connectivity index (χ1n) is 7.90. The number of rotatable bonds is 3. The van der Waals surface area contributed by atoms with Gasteiger partial charge in [0, 0.05) is 5.69 Å². The van der Waals surface area contributed by atoms with Crippen molar-refractivity contribution >= 4 is 58.0 Å². The zero-order valence-corrected chi connectivity index (χ0v) is 16.3. The molecule has 2 amide bonds. The molecule has 1 unspecified atom stereocenters. The Bertz CT molecular complexity index is 884. The van der Waals surface area contributed by atoms with Crippen molar-refractivity contribution in [2.45, 2.75) is 23.4 Å². The van der Waals surface area contributed by atoms with E-state index in [1.54, 1.807) is 37.3 Å². The zero-order valence-electron chi connectivity index (χ0n) is 14.0. The van der Waals surface area contributed by atoms with Gasteiger partial charge in [-0.2, -0.15) is 0 Å². The average molecular weight is 432 g/mol. The number of hydrogen-bond donors (Lipinski definition) is 1. The number of carbonyl (C=O) groups is 2. The largest absolute Gasteiger partial charge is 0.479 e. The number of nitrogens with zero attached hydrogens (tertiary/aromatic N) is 1. The van der Waals surface area contributed by atoms with E-state index < -0.39 is 15.8 Å². The topological polar surface area (TPSA) is 58.6 Å². The summed E-state index contributed by atoms with van der Waals surface area (Å²) < 4.78 is 16.6. The third-order valence-electron chi connectivity index (χ3n) is 3.94. The van der Waals surface area contributed by atoms with Gasteiger partial charge in [-0.1, -0.05) is 46.9 Å². The number of nitrogens with one attached hydrogen (secondary N) is 1. The van der Waals surface area contributed by atoms with Gasteiger partial charge in [0.1, 0.15) is 11.6 Å². The summed E-state index contributed by atoms with van der Waals surface area (Å²) in [6.45, 7) is 1.85. The summed E-state index contributed by atoms with van der Waals surface area (Å²) in [7, 11) is 0. The molecule has 2 aromatic carbocycles. The lowest BCUT2D eigenvalue weighted by Gasteiger charge is -2.33. The monoisotopic (exact) mass is 430 g/mol. The van der Waals surface area contributed by atoms with E-state index in [1.165, 1.54) is 17.0 Å². The first kappa shape index (κ1) is 19.7. The van der Waals surface area contributed by atoms with Gasteiger partial charge in [-0.05, 0) is 42.8 Å². The highest BCUT2D eigenvalue weighted by molar-refractivity contribution is 6.76. The molecule has 9 heteroatoms. The van der Waals surface area contributed by atoms with Crippen LogP contribution >= 0.6 is 34.8 Å². The average Bonchev–Trinajstić information content (AvgIpc) is 2.60. The molecule has 142 valence electrons. The molecule has 0 saturated heterocycles. The molecule has 0 radical (unpaired) electrons. The number of amides is 2. The normalized spacial score (nSPS) is 16.6. The number of anilines is 2. The molecule has 0 fully saturated rings. The second-order valence-electron chi connectivity index (χ2n) is 5.95. The van der Waals surface area contributed by atoms with Gasteiger partial charge in [-0.3, -0.25) is 9.59 Å². The van der Waals surface area contributed by atoms with Gasteiger partial charge in [-0.15, -0.1) is 0 Å². The summed E-state index contributed by atoms with van der Waals surface area (Å²) in [4.78, 5) is 26.0. The summed E-state index contributed by atoms with van der Waals surface area (Å²) in [5.41, 5.74) is 1.52. The van der Waals surface area contributed by atoms with Crippen LogP contribution in [0, 0.1) is 5.82 Å². The van der Waals surface area contributed by atoms with E-state index >= 15 is 0 Å². The Hall–Kier alpha value is -2.02. The van der Waals surface area contributed by atoms with Crippen LogP contribution < -0.4 is 15.0 Å². The molecule has 3 rings (SSSR count). The Labute approximate surface area is 169 Å². The fourth-order valence-corrected chi connectivity index (χ4v) is 2.76. The van der Waals surface area contributed by atoms with Crippen molar-refractivity contribution in [2.24, 2.45) is 0 Å². The van der Waals surface area contributed by atoms with Gasteiger partial charge in [0.15, 0.2) is 6.10 Å². The van der Waals surface area contributed by atoms with E-state index in [0.717, 1.165) is 5.56 Å². The molecule has 0 aliphatic carbocycles. The summed E-state index contributed by atoms with van der Waals surface area (Å²) in [6.07, 6.45) is -0.681. The third-order valence-corrected chi connectivity index (χ3v) is 4.45. The maximum Gasteiger partial charge on any atom is 0.276 e. The highest BCUT2D eigenvalue weighted by Gasteiger charge is 2.33. The van der Waals surface area contributed by atoms with E-state index in [4.69, 9.17) is 39.5 Å². The van der Waals surface area contributed by atoms with Crippen LogP contribution in [0.3, 0.4) is 0 Å². The van der Waals surface area contributed by atoms with Crippen molar-refractivity contribution in [3.05, 3.63) is 53.8 Å². The molecule has 0 saturated carbocycles. The Morgan fingerprint density at radius 3 is 2.52 bits per heavy atom. The Balaban J connectivity index is 1.93. The molecule has 1 heterocycles. The predicted octanol–water partition coefficient (Wildman–Crippen LogP) is 4.45. The molecule has 1 N–H and O–H groups in total. The van der Waals surface area contributed by atoms with Crippen molar-refractivity contribution in [1.29, 1.82) is 0 Å². The lowest BCUT2D eigenvalue weighted by Crippen LogP contribution is -2.44. The molecule has 0 spiro atoms. The fourth-order valence-electron chi connectivity index (χ4n) is 2.62. The summed E-state index contributed by atoms with van der Waals surface area (Å²) in [5.74, 6) is -0.987. The molecular formula is C18H14Cl3FN2O3. The highest BCUT2D eigenvalue weighted by atomic mass is 35.6. The molecule has 1 aliphatic rings. The fraction of sp³-hybridized carbons (Fsp3) is 0.222. The second kappa shape index (κ2) is 7.54. The van der Waals surface area contributed by atoms with E-state index in [-0.39, 0.29) is 18.3 Å². The van der Waals surface area contributed by atoms with Gasteiger partial charge in [-0.25, -0.2) is 4.39 Å². The Kier molecular flexibility index (Phi) is 5.51. The van der Waals surface area contributed by atoms with Crippen molar-refractivity contribution in [1.82, 2.24) is 0 Å². The zero-order chi connectivity index (χ0) is 19.8. The lowest BCUT2D eigenvalue weighted by molar-refractivity contribution is -0.125. The van der Waals surface area contributed by atoms with Crippen molar-refractivity contribution in [3.63, 3.8) is 0 Å². The van der Waals surface area contributed by atoms with Gasteiger partial charge < -0.3 is 15.0 Å². The van der Waals surface area contributed by atoms with Crippen LogP contribution in [-0.4, -0.2) is 21.7 Å². The van der Waals surface area contributed by atoms with Gasteiger partial charge in [0.2, 0.25) is 0 Å². The molecule has 0 bridgehead atoms. The van der Waals surface area contributed by atoms with Crippen LogP contribution in [-0.2, 0) is 16.1 Å². The van der Waals surface area contributed by atoms with Gasteiger partial charge in [0.25, 0.3) is 15.6 Å². The SMILES string of the molecule is CC1Oc2ccc(NC(=O)C(Cl)(Cl)Cl)cc2N(Cc2ccc(F)cc2)C1=O. The molecule has 0 aromatic heterocycles. The minimum atomic E-state index is -2.12. The summed E-state index contributed by atoms with van der Waals surface area (Å²) in [6, 6.07) is 10.6. The van der Waals surface area contributed by atoms with Crippen LogP contribution in [0.1, 0.15) is 12.5 Å². The van der Waals surface area contributed by atoms with Crippen LogP contribution in [0.15, 0.2) is 42.5 Å². The van der Waals surface area contributed by atoms with E-state index in [9.17, 15) is 14.0 Å². The van der Waals surface area contributed by atoms with Crippen molar-refractivity contribution in [2.75, 3.05) is 10.2 Å². The minimum Gasteiger partial charge on any atom is -0.479 e. The highest BCUT2D eigenvalue weighted by Crippen LogP contribution is 2.38. The van der Waals surface area contributed by atoms with Crippen LogP contribution in [0.4, 0.5) is 15.8 Å². The maximum absolute atomic E-state index is 13.1. The van der Waals surface area contributed by atoms with Gasteiger partial charge in [0.05, 0.1) is 12.2 Å². The molecule has 2 aromatic rings. The molecular weight excluding hydrogens is 418 g/mol. The molecule has 27 heavy (non-hydrogen) atoms. The summed E-state index contributed by atoms with van der Waals surface area (Å²) >= 11 is 16.7. The van der Waals surface area contributed by atoms with E-state index in [1.807, 2.05) is 0 Å². The van der Waals surface area contributed by atoms with Crippen molar-refractivity contribution in [3.8, 4) is 5.75 Å². The third kappa shape index (κ3) is 4.46. The number of alkyl halides is 3. The minimum absolute atomic E-state index is 0.210. The summed E-state index contributed by atoms with van der Waals surface area (Å²) in [5, 5.41) is 2.47. The number of hydrogen-bond acceptors (Lipinski definition) is 3. The second-order valence-corrected chi connectivity index (χ2v) is 8.23. The standard InChI is InChI=1S/C18H14Cl3FN2O3/c1-10-16(25)24(9-11-2-4-12(22)5-3-11)14-8-13(6-7-15(14)27-10)23-17(26)18(19,20)21/h2-8,10H,9H2,1H3,(H,23,26). The first-order chi connectivity index (χ1) is 12.6. The Morgan fingerprint density at radius 1 is 1.22 bits per heavy atom. The lowest BCUT2D eigenvalue weighted by atomic mass is 10.1. The van der Waals surface area contributed by atoms with E-state index in [0.29, 0.717) is 17.1 Å². The smallest absolute Gasteiger partial charge is 0.276 e. The number of benzene rings is 2. The predicted molar refractivity (Wildman–Crippen MR) is 103 cm³/mol. The first-order valence-corrected chi connectivity index (χ1v) is 9.03.